The second kappa shape index (κ2) is 4.80. The van der Waals surface area contributed by atoms with Gasteiger partial charge in [0.15, 0.2) is 0 Å². The smallest absolute Gasteiger partial charge is 0.0471 e. The molecule has 72 valence electrons. The minimum atomic E-state index is 0.274. The van der Waals surface area contributed by atoms with E-state index in [4.69, 9.17) is 10.2 Å². The van der Waals surface area contributed by atoms with Gasteiger partial charge in [-0.15, -0.1) is 0 Å². The molecule has 3 heteroatoms. The highest BCUT2D eigenvalue weighted by Crippen LogP contribution is 2.22. The molecule has 0 bridgehead atoms. The molecule has 1 rings (SSSR count). The molecule has 12 heavy (non-hydrogen) atoms. The molecule has 0 spiro atoms. The largest absolute Gasteiger partial charge is 0.396 e. The van der Waals surface area contributed by atoms with Crippen LogP contribution in [0.25, 0.3) is 0 Å². The van der Waals surface area contributed by atoms with Crippen molar-refractivity contribution in [2.75, 3.05) is 33.4 Å². The van der Waals surface area contributed by atoms with Gasteiger partial charge in [0.1, 0.15) is 0 Å². The molecule has 1 aliphatic rings. The number of rotatable bonds is 3. The number of hydrogen-bond acceptors (Lipinski definition) is 3. The number of aliphatic hydroxyl groups is 2. The van der Waals surface area contributed by atoms with E-state index in [0.717, 1.165) is 25.9 Å². The van der Waals surface area contributed by atoms with Crippen LogP contribution in [0.2, 0.25) is 0 Å². The van der Waals surface area contributed by atoms with Gasteiger partial charge >= 0.3 is 0 Å². The van der Waals surface area contributed by atoms with Crippen molar-refractivity contribution in [1.82, 2.24) is 4.90 Å². The monoisotopic (exact) mass is 173 g/mol. The highest BCUT2D eigenvalue weighted by atomic mass is 16.3. The molecule has 0 aliphatic carbocycles. The number of piperidine rings is 1. The fourth-order valence-corrected chi connectivity index (χ4v) is 2.10. The Hall–Kier alpha value is -0.120. The minimum Gasteiger partial charge on any atom is -0.396 e. The summed E-state index contributed by atoms with van der Waals surface area (Å²) in [6.45, 7) is 2.62. The fourth-order valence-electron chi connectivity index (χ4n) is 2.10. The molecule has 0 amide bonds. The lowest BCUT2D eigenvalue weighted by atomic mass is 9.88. The minimum absolute atomic E-state index is 0.274. The third-order valence-electron chi connectivity index (χ3n) is 2.60. The first-order valence-corrected chi connectivity index (χ1v) is 4.66. The predicted octanol–water partition coefficient (Wildman–Crippen LogP) is -0.0710. The molecule has 2 N–H and O–H groups in total. The molecule has 0 saturated carbocycles. The average molecular weight is 173 g/mol. The van der Waals surface area contributed by atoms with E-state index in [2.05, 4.69) is 11.9 Å². The summed E-state index contributed by atoms with van der Waals surface area (Å²) in [5.41, 5.74) is 0. The van der Waals surface area contributed by atoms with Crippen LogP contribution in [0.1, 0.15) is 12.8 Å². The maximum Gasteiger partial charge on any atom is 0.0471 e. The first-order valence-electron chi connectivity index (χ1n) is 4.66. The molecule has 0 aromatic heterocycles. The second-order valence-corrected chi connectivity index (χ2v) is 3.88. The highest BCUT2D eigenvalue weighted by Gasteiger charge is 2.23. The third-order valence-corrected chi connectivity index (χ3v) is 2.60. The lowest BCUT2D eigenvalue weighted by Crippen LogP contribution is -2.39. The Labute approximate surface area is 74.0 Å². The normalized spacial score (nSPS) is 32.2. The summed E-state index contributed by atoms with van der Waals surface area (Å²) in [6.07, 6.45) is 1.95. The zero-order valence-electron chi connectivity index (χ0n) is 7.74. The lowest BCUT2D eigenvalue weighted by Gasteiger charge is -2.34. The summed E-state index contributed by atoms with van der Waals surface area (Å²) in [5, 5.41) is 17.8. The quantitative estimate of drug-likeness (QED) is 0.628. The van der Waals surface area contributed by atoms with Gasteiger partial charge in [0, 0.05) is 26.3 Å². The van der Waals surface area contributed by atoms with Crippen molar-refractivity contribution < 1.29 is 10.2 Å². The predicted molar refractivity (Wildman–Crippen MR) is 47.9 cm³/mol. The number of nitrogens with zero attached hydrogens (tertiary/aromatic N) is 1. The van der Waals surface area contributed by atoms with Crippen LogP contribution in [-0.2, 0) is 0 Å². The van der Waals surface area contributed by atoms with E-state index in [1.807, 2.05) is 0 Å². The van der Waals surface area contributed by atoms with Crippen LogP contribution in [0.15, 0.2) is 0 Å². The first-order chi connectivity index (χ1) is 5.76. The van der Waals surface area contributed by atoms with Crippen molar-refractivity contribution in [2.24, 2.45) is 11.8 Å². The van der Waals surface area contributed by atoms with Crippen LogP contribution in [0.5, 0.6) is 0 Å². The van der Waals surface area contributed by atoms with Crippen molar-refractivity contribution in [1.29, 1.82) is 0 Å². The highest BCUT2D eigenvalue weighted by molar-refractivity contribution is 4.76. The van der Waals surface area contributed by atoms with Crippen LogP contribution >= 0.6 is 0 Å². The maximum atomic E-state index is 9.01. The molecule has 1 saturated heterocycles. The summed E-state index contributed by atoms with van der Waals surface area (Å²) in [4.78, 5) is 2.24. The van der Waals surface area contributed by atoms with E-state index < -0.39 is 0 Å². The van der Waals surface area contributed by atoms with E-state index in [9.17, 15) is 0 Å². The second-order valence-electron chi connectivity index (χ2n) is 3.88. The molecule has 3 nitrogen and oxygen atoms in total. The number of likely N-dealkylation sites (tertiary alicyclic amines) is 1. The topological polar surface area (TPSA) is 43.7 Å². The Morgan fingerprint density at radius 3 is 2.50 bits per heavy atom. The molecule has 0 unspecified atom stereocenters. The number of hydrogen-bond donors (Lipinski definition) is 2. The molecular formula is C9H19NO2. The van der Waals surface area contributed by atoms with Gasteiger partial charge in [-0.2, -0.15) is 0 Å². The van der Waals surface area contributed by atoms with Crippen molar-refractivity contribution in [2.45, 2.75) is 12.8 Å². The van der Waals surface area contributed by atoms with Gasteiger partial charge in [0.2, 0.25) is 0 Å². The standard InChI is InChI=1S/C9H19NO2/c1-10-5-8(2-3-11)4-9(6-10)7-12/h8-9,11-12H,2-7H2,1H3/t8-,9-/m0/s1. The van der Waals surface area contributed by atoms with Gasteiger partial charge in [0.25, 0.3) is 0 Å². The summed E-state index contributed by atoms with van der Waals surface area (Å²) < 4.78 is 0. The Bertz CT molecular complexity index is 130. The van der Waals surface area contributed by atoms with Crippen molar-refractivity contribution in [3.8, 4) is 0 Å². The van der Waals surface area contributed by atoms with Crippen molar-refractivity contribution in [3.63, 3.8) is 0 Å². The van der Waals surface area contributed by atoms with Crippen LogP contribution < -0.4 is 0 Å². The summed E-state index contributed by atoms with van der Waals surface area (Å²) in [7, 11) is 2.08. The molecule has 1 aliphatic heterocycles. The number of aliphatic hydroxyl groups excluding tert-OH is 2. The summed E-state index contributed by atoms with van der Waals surface area (Å²) in [5.74, 6) is 0.992. The summed E-state index contributed by atoms with van der Waals surface area (Å²) in [6, 6.07) is 0. The molecule has 0 aromatic rings. The van der Waals surface area contributed by atoms with E-state index in [1.54, 1.807) is 0 Å². The third kappa shape index (κ3) is 2.73. The molecule has 1 heterocycles. The van der Waals surface area contributed by atoms with Crippen molar-refractivity contribution >= 4 is 0 Å². The molecule has 0 radical (unpaired) electrons. The maximum absolute atomic E-state index is 9.01. The van der Waals surface area contributed by atoms with Crippen LogP contribution in [0, 0.1) is 11.8 Å². The van der Waals surface area contributed by atoms with Gasteiger partial charge < -0.3 is 15.1 Å². The fraction of sp³-hybridized carbons (Fsp3) is 1.00. The van der Waals surface area contributed by atoms with Crippen molar-refractivity contribution in [3.05, 3.63) is 0 Å². The Kier molecular flexibility index (Phi) is 3.98. The van der Waals surface area contributed by atoms with Gasteiger partial charge in [-0.3, -0.25) is 0 Å². The zero-order valence-corrected chi connectivity index (χ0v) is 7.74. The first kappa shape index (κ1) is 9.96. The Balaban J connectivity index is 2.34. The van der Waals surface area contributed by atoms with Crippen LogP contribution in [-0.4, -0.2) is 48.5 Å². The Morgan fingerprint density at radius 1 is 1.25 bits per heavy atom. The average Bonchev–Trinajstić information content (AvgIpc) is 2.04. The van der Waals surface area contributed by atoms with Crippen LogP contribution in [0.3, 0.4) is 0 Å². The van der Waals surface area contributed by atoms with Gasteiger partial charge in [-0.1, -0.05) is 0 Å². The Morgan fingerprint density at radius 2 is 1.92 bits per heavy atom. The molecule has 2 atom stereocenters. The van der Waals surface area contributed by atoms with Gasteiger partial charge in [-0.05, 0) is 31.7 Å². The zero-order chi connectivity index (χ0) is 8.97. The molecule has 1 fully saturated rings. The van der Waals surface area contributed by atoms with Crippen LogP contribution in [0.4, 0.5) is 0 Å². The van der Waals surface area contributed by atoms with Gasteiger partial charge in [-0.25, -0.2) is 0 Å². The SMILES string of the molecule is CN1C[C@@H](CO)C[C@H](CCO)C1. The molecule has 0 aromatic carbocycles. The van der Waals surface area contributed by atoms with Gasteiger partial charge in [0.05, 0.1) is 0 Å². The molecular weight excluding hydrogens is 154 g/mol. The van der Waals surface area contributed by atoms with E-state index in [0.29, 0.717) is 11.8 Å². The summed E-state index contributed by atoms with van der Waals surface area (Å²) >= 11 is 0. The van der Waals surface area contributed by atoms with E-state index in [1.165, 1.54) is 0 Å². The van der Waals surface area contributed by atoms with E-state index >= 15 is 0 Å². The van der Waals surface area contributed by atoms with E-state index in [-0.39, 0.29) is 13.2 Å². The lowest BCUT2D eigenvalue weighted by molar-refractivity contribution is 0.0891.